The maximum absolute atomic E-state index is 11.9. The summed E-state index contributed by atoms with van der Waals surface area (Å²) >= 11 is 0. The smallest absolute Gasteiger partial charge is 0.239 e. The second-order valence-electron chi connectivity index (χ2n) is 5.25. The molecule has 0 aliphatic rings. The lowest BCUT2D eigenvalue weighted by atomic mass is 10.2. The van der Waals surface area contributed by atoms with Gasteiger partial charge in [-0.05, 0) is 36.8 Å². The number of rotatable bonds is 8. The first-order valence-corrected chi connectivity index (χ1v) is 8.15. The predicted octanol–water partition coefficient (Wildman–Crippen LogP) is 2.28. The number of guanidine groups is 1. The number of hydrogen-bond donors (Lipinski definition) is 3. The number of halogens is 1. The molecule has 2 aromatic rings. The summed E-state index contributed by atoms with van der Waals surface area (Å²) in [6, 6.07) is 11.3. The van der Waals surface area contributed by atoms with E-state index in [9.17, 15) is 4.79 Å². The molecule has 0 spiro atoms. The summed E-state index contributed by atoms with van der Waals surface area (Å²) in [6.45, 7) is 3.69. The highest BCUT2D eigenvalue weighted by Gasteiger charge is 2.04. The average Bonchev–Trinajstić information content (AvgIpc) is 3.16. The van der Waals surface area contributed by atoms with Gasteiger partial charge in [0, 0.05) is 6.54 Å². The first-order valence-electron chi connectivity index (χ1n) is 8.15. The van der Waals surface area contributed by atoms with Gasteiger partial charge in [0.2, 0.25) is 5.91 Å². The molecule has 1 heterocycles. The highest BCUT2D eigenvalue weighted by molar-refractivity contribution is 14.0. The minimum absolute atomic E-state index is 0. The van der Waals surface area contributed by atoms with Crippen LogP contribution in [0.1, 0.15) is 18.2 Å². The van der Waals surface area contributed by atoms with Gasteiger partial charge >= 0.3 is 0 Å². The van der Waals surface area contributed by atoms with E-state index in [0.29, 0.717) is 31.4 Å². The van der Waals surface area contributed by atoms with E-state index in [1.54, 1.807) is 19.4 Å². The Morgan fingerprint density at radius 3 is 2.54 bits per heavy atom. The van der Waals surface area contributed by atoms with Gasteiger partial charge in [0.05, 0.1) is 33.0 Å². The van der Waals surface area contributed by atoms with Gasteiger partial charge in [0.15, 0.2) is 5.96 Å². The molecule has 0 saturated heterocycles. The second kappa shape index (κ2) is 12.2. The summed E-state index contributed by atoms with van der Waals surface area (Å²) in [5.41, 5.74) is 1.06. The van der Waals surface area contributed by atoms with Crippen molar-refractivity contribution in [2.45, 2.75) is 20.0 Å². The molecule has 0 unspecified atom stereocenters. The van der Waals surface area contributed by atoms with Crippen LogP contribution in [0.4, 0.5) is 0 Å². The molecule has 0 atom stereocenters. The van der Waals surface area contributed by atoms with E-state index in [1.165, 1.54) is 0 Å². The number of benzene rings is 1. The Morgan fingerprint density at radius 2 is 1.92 bits per heavy atom. The zero-order valence-corrected chi connectivity index (χ0v) is 17.3. The van der Waals surface area contributed by atoms with E-state index < -0.39 is 0 Å². The van der Waals surface area contributed by atoms with Crippen LogP contribution in [0.2, 0.25) is 0 Å². The average molecular weight is 472 g/mol. The lowest BCUT2D eigenvalue weighted by Crippen LogP contribution is -2.43. The van der Waals surface area contributed by atoms with Gasteiger partial charge in [-0.2, -0.15) is 0 Å². The Morgan fingerprint density at radius 1 is 1.15 bits per heavy atom. The fraction of sp³-hybridized carbons (Fsp3) is 0.333. The number of carbonyl (C=O) groups is 1. The summed E-state index contributed by atoms with van der Waals surface area (Å²) in [6.07, 6.45) is 1.58. The molecule has 8 heteroatoms. The lowest BCUT2D eigenvalue weighted by molar-refractivity contribution is -0.120. The Bertz CT molecular complexity index is 672. The Kier molecular flexibility index (Phi) is 10.2. The minimum Gasteiger partial charge on any atom is -0.497 e. The molecule has 0 aliphatic carbocycles. The van der Waals surface area contributed by atoms with Crippen LogP contribution in [-0.2, 0) is 17.9 Å². The topological polar surface area (TPSA) is 87.9 Å². The van der Waals surface area contributed by atoms with Gasteiger partial charge in [-0.15, -0.1) is 24.0 Å². The molecule has 26 heavy (non-hydrogen) atoms. The standard InChI is InChI=1S/C18H24N4O3.HI/c1-3-19-18(21-11-14-6-8-15(24-2)9-7-14)22-13-17(23)20-12-16-5-4-10-25-16;/h4-10H,3,11-13H2,1-2H3,(H,20,23)(H2,19,21,22);1H. The fourth-order valence-corrected chi connectivity index (χ4v) is 2.07. The summed E-state index contributed by atoms with van der Waals surface area (Å²) in [5.74, 6) is 1.98. The first kappa shape index (κ1) is 21.8. The molecule has 1 amide bonds. The van der Waals surface area contributed by atoms with Crippen molar-refractivity contribution in [1.29, 1.82) is 0 Å². The molecular formula is C18H25IN4O3. The molecule has 0 saturated carbocycles. The molecule has 0 aliphatic heterocycles. The zero-order valence-electron chi connectivity index (χ0n) is 15.0. The van der Waals surface area contributed by atoms with E-state index in [1.807, 2.05) is 37.3 Å². The third kappa shape index (κ3) is 7.77. The molecule has 0 radical (unpaired) electrons. The maximum atomic E-state index is 11.9. The highest BCUT2D eigenvalue weighted by Crippen LogP contribution is 2.11. The lowest BCUT2D eigenvalue weighted by Gasteiger charge is -2.11. The third-order valence-corrected chi connectivity index (χ3v) is 3.38. The summed E-state index contributed by atoms with van der Waals surface area (Å²) in [5, 5.41) is 8.91. The van der Waals surface area contributed by atoms with E-state index in [2.05, 4.69) is 20.9 Å². The largest absolute Gasteiger partial charge is 0.497 e. The number of hydrogen-bond acceptors (Lipinski definition) is 4. The van der Waals surface area contributed by atoms with E-state index in [4.69, 9.17) is 9.15 Å². The minimum atomic E-state index is -0.133. The number of methoxy groups -OCH3 is 1. The highest BCUT2D eigenvalue weighted by atomic mass is 127. The van der Waals surface area contributed by atoms with Gasteiger partial charge in [0.1, 0.15) is 11.5 Å². The fourth-order valence-electron chi connectivity index (χ4n) is 2.07. The summed E-state index contributed by atoms with van der Waals surface area (Å²) < 4.78 is 10.3. The molecule has 0 fully saturated rings. The number of nitrogens with zero attached hydrogens (tertiary/aromatic N) is 1. The van der Waals surface area contributed by atoms with Crippen molar-refractivity contribution in [3.05, 3.63) is 54.0 Å². The Hall–Kier alpha value is -2.23. The number of amides is 1. The van der Waals surface area contributed by atoms with Gasteiger partial charge < -0.3 is 25.1 Å². The van der Waals surface area contributed by atoms with Crippen LogP contribution >= 0.6 is 24.0 Å². The van der Waals surface area contributed by atoms with Gasteiger partial charge in [-0.1, -0.05) is 12.1 Å². The predicted molar refractivity (Wildman–Crippen MR) is 112 cm³/mol. The quantitative estimate of drug-likeness (QED) is 0.312. The number of nitrogens with one attached hydrogen (secondary N) is 3. The van der Waals surface area contributed by atoms with Crippen LogP contribution in [0.15, 0.2) is 52.1 Å². The van der Waals surface area contributed by atoms with E-state index >= 15 is 0 Å². The van der Waals surface area contributed by atoms with Crippen molar-refractivity contribution in [3.63, 3.8) is 0 Å². The van der Waals surface area contributed by atoms with E-state index in [0.717, 1.165) is 11.3 Å². The molecular weight excluding hydrogens is 447 g/mol. The van der Waals surface area contributed by atoms with Gasteiger partial charge in [-0.3, -0.25) is 4.79 Å². The van der Waals surface area contributed by atoms with Crippen LogP contribution in [0, 0.1) is 0 Å². The van der Waals surface area contributed by atoms with Gasteiger partial charge in [-0.25, -0.2) is 4.99 Å². The van der Waals surface area contributed by atoms with Crippen LogP contribution in [0.5, 0.6) is 5.75 Å². The molecule has 1 aromatic carbocycles. The Labute approximate surface area is 170 Å². The Balaban J connectivity index is 0.00000338. The van der Waals surface area contributed by atoms with Crippen molar-refractivity contribution >= 4 is 35.8 Å². The van der Waals surface area contributed by atoms with Crippen LogP contribution < -0.4 is 20.7 Å². The maximum Gasteiger partial charge on any atom is 0.239 e. The number of carbonyl (C=O) groups excluding carboxylic acids is 1. The SMILES string of the molecule is CCNC(=NCc1ccc(OC)cc1)NCC(=O)NCc1ccco1.I. The monoisotopic (exact) mass is 472 g/mol. The molecule has 142 valence electrons. The third-order valence-electron chi connectivity index (χ3n) is 3.38. The zero-order chi connectivity index (χ0) is 17.9. The van der Waals surface area contributed by atoms with Crippen molar-refractivity contribution in [2.24, 2.45) is 4.99 Å². The molecule has 7 nitrogen and oxygen atoms in total. The normalized spacial score (nSPS) is 10.6. The molecule has 0 bridgehead atoms. The summed E-state index contributed by atoms with van der Waals surface area (Å²) in [7, 11) is 1.64. The van der Waals surface area contributed by atoms with Crippen LogP contribution in [-0.4, -0.2) is 32.1 Å². The second-order valence-corrected chi connectivity index (χ2v) is 5.25. The van der Waals surface area contributed by atoms with Crippen molar-refractivity contribution < 1.29 is 13.9 Å². The van der Waals surface area contributed by atoms with Crippen molar-refractivity contribution in [3.8, 4) is 5.75 Å². The van der Waals surface area contributed by atoms with Crippen LogP contribution in [0.3, 0.4) is 0 Å². The molecule has 2 rings (SSSR count). The summed E-state index contributed by atoms with van der Waals surface area (Å²) in [4.78, 5) is 16.4. The molecule has 3 N–H and O–H groups in total. The molecule has 1 aromatic heterocycles. The number of aliphatic imine (C=N–C) groups is 1. The van der Waals surface area contributed by atoms with Gasteiger partial charge in [0.25, 0.3) is 0 Å². The van der Waals surface area contributed by atoms with Crippen molar-refractivity contribution in [2.75, 3.05) is 20.2 Å². The number of furan rings is 1. The van der Waals surface area contributed by atoms with E-state index in [-0.39, 0.29) is 36.4 Å². The first-order chi connectivity index (χ1) is 12.2. The van der Waals surface area contributed by atoms with Crippen LogP contribution in [0.25, 0.3) is 0 Å². The number of ether oxygens (including phenoxy) is 1. The van der Waals surface area contributed by atoms with Crippen molar-refractivity contribution in [1.82, 2.24) is 16.0 Å².